The third-order valence-electron chi connectivity index (χ3n) is 3.27. The first-order valence-corrected chi connectivity index (χ1v) is 5.63. The number of hydrogen-bond acceptors (Lipinski definition) is 2. The van der Waals surface area contributed by atoms with Gasteiger partial charge in [-0.25, -0.2) is 4.79 Å². The Morgan fingerprint density at radius 1 is 1.12 bits per heavy atom. The second-order valence-electron chi connectivity index (χ2n) is 4.53. The monoisotopic (exact) mass is 225 g/mol. The molecule has 16 heavy (non-hydrogen) atoms. The predicted octanol–water partition coefficient (Wildman–Crippen LogP) is 1.67. The van der Waals surface area contributed by atoms with Crippen LogP contribution in [0.25, 0.3) is 0 Å². The van der Waals surface area contributed by atoms with E-state index in [4.69, 9.17) is 5.11 Å². The Labute approximate surface area is 95.9 Å². The molecule has 4 heteroatoms. The number of carboxylic acids is 1. The molecule has 0 aliphatic carbocycles. The Morgan fingerprint density at radius 3 is 2.06 bits per heavy atom. The summed E-state index contributed by atoms with van der Waals surface area (Å²) in [4.78, 5) is 24.5. The maximum atomic E-state index is 12.0. The van der Waals surface area contributed by atoms with E-state index in [9.17, 15) is 9.59 Å². The van der Waals surface area contributed by atoms with Crippen LogP contribution in [0.4, 0.5) is 0 Å². The fraction of sp³-hybridized carbons (Fsp3) is 0.667. The van der Waals surface area contributed by atoms with Gasteiger partial charge in [0.2, 0.25) is 5.91 Å². The van der Waals surface area contributed by atoms with E-state index in [2.05, 4.69) is 6.92 Å². The molecule has 4 nitrogen and oxygen atoms in total. The van der Waals surface area contributed by atoms with Crippen molar-refractivity contribution in [3.63, 3.8) is 0 Å². The molecular weight excluding hydrogens is 206 g/mol. The number of rotatable bonds is 2. The highest BCUT2D eigenvalue weighted by atomic mass is 16.4. The largest absolute Gasteiger partial charge is 0.478 e. The van der Waals surface area contributed by atoms with E-state index in [1.54, 1.807) is 11.8 Å². The van der Waals surface area contributed by atoms with Crippen LogP contribution in [0.1, 0.15) is 33.6 Å². The first kappa shape index (κ1) is 12.7. The van der Waals surface area contributed by atoms with Gasteiger partial charge in [-0.15, -0.1) is 0 Å². The number of carboxylic acid groups (broad SMARTS) is 1. The molecule has 0 aromatic heterocycles. The van der Waals surface area contributed by atoms with E-state index in [-0.39, 0.29) is 11.5 Å². The predicted molar refractivity (Wildman–Crippen MR) is 61.0 cm³/mol. The Kier molecular flexibility index (Phi) is 4.10. The molecule has 90 valence electrons. The number of aliphatic carboxylic acids is 1. The zero-order chi connectivity index (χ0) is 12.3. The number of piperidine rings is 1. The Morgan fingerprint density at radius 2 is 1.62 bits per heavy atom. The van der Waals surface area contributed by atoms with Crippen LogP contribution in [0.2, 0.25) is 0 Å². The number of carbonyl (C=O) groups excluding carboxylic acids is 1. The van der Waals surface area contributed by atoms with Gasteiger partial charge >= 0.3 is 5.97 Å². The minimum atomic E-state index is -1.02. The topological polar surface area (TPSA) is 57.6 Å². The average Bonchev–Trinajstić information content (AvgIpc) is 2.27. The summed E-state index contributed by atoms with van der Waals surface area (Å²) in [6.07, 6.45) is 2.01. The van der Waals surface area contributed by atoms with Crippen molar-refractivity contribution < 1.29 is 14.7 Å². The van der Waals surface area contributed by atoms with Crippen LogP contribution in [0.15, 0.2) is 11.1 Å². The van der Waals surface area contributed by atoms with E-state index >= 15 is 0 Å². The van der Waals surface area contributed by atoms with Crippen LogP contribution in [-0.2, 0) is 9.59 Å². The third kappa shape index (κ3) is 2.84. The molecule has 0 atom stereocenters. The average molecular weight is 225 g/mol. The Balaban J connectivity index is 2.71. The molecule has 1 heterocycles. The molecule has 1 aliphatic heterocycles. The van der Waals surface area contributed by atoms with E-state index in [0.29, 0.717) is 11.5 Å². The van der Waals surface area contributed by atoms with Crippen LogP contribution in [0.3, 0.4) is 0 Å². The van der Waals surface area contributed by atoms with Crippen molar-refractivity contribution in [2.45, 2.75) is 33.6 Å². The van der Waals surface area contributed by atoms with Gasteiger partial charge in [0, 0.05) is 24.2 Å². The van der Waals surface area contributed by atoms with Crippen LogP contribution >= 0.6 is 0 Å². The second-order valence-corrected chi connectivity index (χ2v) is 4.53. The zero-order valence-electron chi connectivity index (χ0n) is 10.1. The summed E-state index contributed by atoms with van der Waals surface area (Å²) >= 11 is 0. The highest BCUT2D eigenvalue weighted by Crippen LogP contribution is 2.18. The van der Waals surface area contributed by atoms with Crippen molar-refractivity contribution in [3.05, 3.63) is 11.1 Å². The van der Waals surface area contributed by atoms with Crippen molar-refractivity contribution in [3.8, 4) is 0 Å². The highest BCUT2D eigenvalue weighted by molar-refractivity contribution is 6.01. The fourth-order valence-electron chi connectivity index (χ4n) is 1.77. The standard InChI is InChI=1S/C12H19NO3/c1-8-4-6-13(7-5-8)11(14)9(2)10(3)12(15)16/h8H,4-7H2,1-3H3,(H,15,16)/b10-9-. The number of nitrogens with zero attached hydrogens (tertiary/aromatic N) is 1. The number of amides is 1. The molecule has 1 amide bonds. The van der Waals surface area contributed by atoms with Gasteiger partial charge in [0.05, 0.1) is 0 Å². The number of hydrogen-bond donors (Lipinski definition) is 1. The summed E-state index contributed by atoms with van der Waals surface area (Å²) in [5, 5.41) is 8.81. The van der Waals surface area contributed by atoms with Gasteiger partial charge in [-0.05, 0) is 32.6 Å². The fourth-order valence-corrected chi connectivity index (χ4v) is 1.77. The quantitative estimate of drug-likeness (QED) is 0.727. The van der Waals surface area contributed by atoms with Crippen molar-refractivity contribution in [2.24, 2.45) is 5.92 Å². The lowest BCUT2D eigenvalue weighted by Gasteiger charge is -2.30. The molecule has 0 aromatic rings. The first-order chi connectivity index (χ1) is 7.43. The SMILES string of the molecule is C/C(C(=O)O)=C(\C)C(=O)N1CCC(C)CC1. The van der Waals surface area contributed by atoms with Gasteiger partial charge in [0.1, 0.15) is 0 Å². The van der Waals surface area contributed by atoms with Gasteiger partial charge < -0.3 is 10.0 Å². The molecule has 1 aliphatic rings. The van der Waals surface area contributed by atoms with E-state index in [1.807, 2.05) is 0 Å². The molecule has 0 spiro atoms. The van der Waals surface area contributed by atoms with Crippen LogP contribution in [0.5, 0.6) is 0 Å². The lowest BCUT2D eigenvalue weighted by molar-refractivity contribution is -0.134. The molecule has 1 rings (SSSR count). The van der Waals surface area contributed by atoms with E-state index < -0.39 is 5.97 Å². The van der Waals surface area contributed by atoms with Gasteiger partial charge in [0.15, 0.2) is 0 Å². The molecule has 1 saturated heterocycles. The molecule has 0 radical (unpaired) electrons. The lowest BCUT2D eigenvalue weighted by atomic mass is 9.98. The van der Waals surface area contributed by atoms with Crippen LogP contribution in [0, 0.1) is 5.92 Å². The minimum absolute atomic E-state index is 0.133. The minimum Gasteiger partial charge on any atom is -0.478 e. The zero-order valence-corrected chi connectivity index (χ0v) is 10.1. The second kappa shape index (κ2) is 5.14. The maximum Gasteiger partial charge on any atom is 0.331 e. The molecule has 0 saturated carbocycles. The van der Waals surface area contributed by atoms with Gasteiger partial charge in [-0.3, -0.25) is 4.79 Å². The Hall–Kier alpha value is -1.32. The summed E-state index contributed by atoms with van der Waals surface area (Å²) in [5.74, 6) is -0.489. The van der Waals surface area contributed by atoms with Crippen LogP contribution < -0.4 is 0 Å². The van der Waals surface area contributed by atoms with E-state index in [0.717, 1.165) is 25.9 Å². The normalized spacial score (nSPS) is 19.3. The van der Waals surface area contributed by atoms with Gasteiger partial charge in [-0.1, -0.05) is 6.92 Å². The maximum absolute atomic E-state index is 12.0. The van der Waals surface area contributed by atoms with E-state index in [1.165, 1.54) is 6.92 Å². The first-order valence-electron chi connectivity index (χ1n) is 5.63. The number of carbonyl (C=O) groups is 2. The van der Waals surface area contributed by atoms with Gasteiger partial charge in [-0.2, -0.15) is 0 Å². The van der Waals surface area contributed by atoms with Gasteiger partial charge in [0.25, 0.3) is 0 Å². The highest BCUT2D eigenvalue weighted by Gasteiger charge is 2.23. The molecule has 1 fully saturated rings. The van der Waals surface area contributed by atoms with Crippen molar-refractivity contribution in [1.29, 1.82) is 0 Å². The Bertz CT molecular complexity index is 325. The summed E-state index contributed by atoms with van der Waals surface area (Å²) in [6.45, 7) is 6.72. The lowest BCUT2D eigenvalue weighted by Crippen LogP contribution is -2.38. The number of likely N-dealkylation sites (tertiary alicyclic amines) is 1. The van der Waals surface area contributed by atoms with Crippen molar-refractivity contribution in [1.82, 2.24) is 4.90 Å². The summed E-state index contributed by atoms with van der Waals surface area (Å²) < 4.78 is 0. The molecule has 0 bridgehead atoms. The van der Waals surface area contributed by atoms with Crippen molar-refractivity contribution >= 4 is 11.9 Å². The third-order valence-corrected chi connectivity index (χ3v) is 3.27. The smallest absolute Gasteiger partial charge is 0.331 e. The molecule has 0 aromatic carbocycles. The summed E-state index contributed by atoms with van der Waals surface area (Å²) in [5.41, 5.74) is 0.491. The molecule has 0 unspecified atom stereocenters. The van der Waals surface area contributed by atoms with Crippen LogP contribution in [-0.4, -0.2) is 35.0 Å². The molecular formula is C12H19NO3. The summed E-state index contributed by atoms with van der Waals surface area (Å²) in [7, 11) is 0. The van der Waals surface area contributed by atoms with Crippen molar-refractivity contribution in [2.75, 3.05) is 13.1 Å². The summed E-state index contributed by atoms with van der Waals surface area (Å²) in [6, 6.07) is 0. The molecule has 1 N–H and O–H groups in total.